The van der Waals surface area contributed by atoms with E-state index in [1.807, 2.05) is 60.7 Å². The third-order valence-electron chi connectivity index (χ3n) is 4.61. The minimum absolute atomic E-state index is 0.837. The Morgan fingerprint density at radius 2 is 1.19 bits per heavy atom. The van der Waals surface area contributed by atoms with Gasteiger partial charge in [0.25, 0.3) is 0 Å². The van der Waals surface area contributed by atoms with Gasteiger partial charge in [0, 0.05) is 11.1 Å². The van der Waals surface area contributed by atoms with Gasteiger partial charge in [-0.15, -0.1) is 0 Å². The molecule has 0 amide bonds. The smallest absolute Gasteiger partial charge is 0.326 e. The molecule has 0 N–H and O–H groups in total. The molecule has 5 rings (SSSR count). The molecule has 27 heavy (non-hydrogen) atoms. The van der Waals surface area contributed by atoms with Crippen molar-refractivity contribution < 1.29 is 9.05 Å². The molecule has 1 atom stereocenters. The molecular formula is C24H17O2P. The number of benzene rings is 4. The second kappa shape index (κ2) is 6.90. The van der Waals surface area contributed by atoms with E-state index >= 15 is 0 Å². The lowest BCUT2D eigenvalue weighted by molar-refractivity contribution is 0.501. The molecule has 1 heterocycles. The van der Waals surface area contributed by atoms with Crippen LogP contribution in [-0.4, -0.2) is 0 Å². The molecule has 1 aliphatic heterocycles. The van der Waals surface area contributed by atoms with Crippen molar-refractivity contribution in [2.45, 2.75) is 0 Å². The molecule has 1 unspecified atom stereocenters. The standard InChI is InChI=1S/C24H17O2P/c1-2-10-18(11-3-1)19-12-4-7-15-22(19)25-27-24-17-9-6-14-21(24)20-13-5-8-16-23(20)26-27/h1-17H. The van der Waals surface area contributed by atoms with Gasteiger partial charge in [-0.05, 0) is 29.3 Å². The zero-order chi connectivity index (χ0) is 18.1. The predicted molar refractivity (Wildman–Crippen MR) is 112 cm³/mol. The zero-order valence-corrected chi connectivity index (χ0v) is 15.5. The molecule has 0 saturated heterocycles. The van der Waals surface area contributed by atoms with Crippen LogP contribution in [0.5, 0.6) is 11.5 Å². The number of fused-ring (bicyclic) bond motifs is 3. The molecule has 0 bridgehead atoms. The normalized spacial score (nSPS) is 14.6. The molecular weight excluding hydrogens is 351 g/mol. The molecule has 4 aromatic carbocycles. The molecule has 2 nitrogen and oxygen atoms in total. The first-order chi connectivity index (χ1) is 13.4. The molecule has 0 fully saturated rings. The lowest BCUT2D eigenvalue weighted by Gasteiger charge is -2.27. The number of hydrogen-bond acceptors (Lipinski definition) is 2. The van der Waals surface area contributed by atoms with Gasteiger partial charge in [-0.1, -0.05) is 84.9 Å². The van der Waals surface area contributed by atoms with Crippen molar-refractivity contribution in [2.24, 2.45) is 0 Å². The fourth-order valence-corrected chi connectivity index (χ4v) is 4.84. The summed E-state index contributed by atoms with van der Waals surface area (Å²) in [6, 6.07) is 34.9. The molecule has 130 valence electrons. The first-order valence-corrected chi connectivity index (χ1v) is 10.1. The first kappa shape index (κ1) is 16.1. The highest BCUT2D eigenvalue weighted by Crippen LogP contribution is 2.50. The van der Waals surface area contributed by atoms with Crippen LogP contribution in [0.15, 0.2) is 103 Å². The van der Waals surface area contributed by atoms with E-state index in [1.54, 1.807) is 0 Å². The summed E-state index contributed by atoms with van der Waals surface area (Å²) in [5, 5.41) is 1.11. The Labute approximate surface area is 159 Å². The summed E-state index contributed by atoms with van der Waals surface area (Å²) in [5.74, 6) is 1.71. The van der Waals surface area contributed by atoms with E-state index in [-0.39, 0.29) is 0 Å². The van der Waals surface area contributed by atoms with Crippen molar-refractivity contribution >= 4 is 13.7 Å². The minimum atomic E-state index is -1.26. The Bertz CT molecular complexity index is 1090. The maximum atomic E-state index is 6.47. The van der Waals surface area contributed by atoms with Gasteiger partial charge >= 0.3 is 8.38 Å². The molecule has 4 aromatic rings. The molecule has 0 spiro atoms. The van der Waals surface area contributed by atoms with Gasteiger partial charge in [0.15, 0.2) is 0 Å². The van der Waals surface area contributed by atoms with Crippen LogP contribution in [0.4, 0.5) is 0 Å². The van der Waals surface area contributed by atoms with E-state index in [0.717, 1.165) is 33.5 Å². The van der Waals surface area contributed by atoms with E-state index in [2.05, 4.69) is 42.5 Å². The maximum absolute atomic E-state index is 6.47. The Hall–Kier alpha value is -3.09. The zero-order valence-electron chi connectivity index (χ0n) is 14.6. The number of para-hydroxylation sites is 2. The van der Waals surface area contributed by atoms with Crippen LogP contribution in [0.25, 0.3) is 22.3 Å². The third-order valence-corrected chi connectivity index (χ3v) is 6.12. The van der Waals surface area contributed by atoms with Gasteiger partial charge < -0.3 is 9.05 Å². The molecule has 0 saturated carbocycles. The van der Waals surface area contributed by atoms with Gasteiger partial charge in [-0.3, -0.25) is 0 Å². The van der Waals surface area contributed by atoms with Crippen LogP contribution < -0.4 is 14.4 Å². The van der Waals surface area contributed by atoms with Crippen LogP contribution in [0.1, 0.15) is 0 Å². The molecule has 0 aliphatic carbocycles. The van der Waals surface area contributed by atoms with Crippen molar-refractivity contribution in [3.05, 3.63) is 103 Å². The minimum Gasteiger partial charge on any atom is -0.435 e. The Morgan fingerprint density at radius 3 is 2.04 bits per heavy atom. The average Bonchev–Trinajstić information content (AvgIpc) is 2.75. The molecule has 0 aromatic heterocycles. The van der Waals surface area contributed by atoms with Crippen molar-refractivity contribution in [3.63, 3.8) is 0 Å². The quantitative estimate of drug-likeness (QED) is 0.388. The fraction of sp³-hybridized carbons (Fsp3) is 0. The van der Waals surface area contributed by atoms with Gasteiger partial charge in [0.1, 0.15) is 11.5 Å². The van der Waals surface area contributed by atoms with Gasteiger partial charge in [0.2, 0.25) is 0 Å². The van der Waals surface area contributed by atoms with Crippen molar-refractivity contribution in [3.8, 4) is 33.8 Å². The molecule has 3 heteroatoms. The highest BCUT2D eigenvalue weighted by atomic mass is 31.2. The topological polar surface area (TPSA) is 18.5 Å². The second-order valence-electron chi connectivity index (χ2n) is 6.32. The van der Waals surface area contributed by atoms with Crippen LogP contribution in [0, 0.1) is 0 Å². The number of hydrogen-bond donors (Lipinski definition) is 0. The summed E-state index contributed by atoms with van der Waals surface area (Å²) in [4.78, 5) is 0. The highest BCUT2D eigenvalue weighted by Gasteiger charge is 2.29. The van der Waals surface area contributed by atoms with Gasteiger partial charge in [-0.25, -0.2) is 0 Å². The summed E-state index contributed by atoms with van der Waals surface area (Å²) in [7, 11) is -1.26. The van der Waals surface area contributed by atoms with E-state index in [0.29, 0.717) is 0 Å². The Balaban J connectivity index is 1.57. The summed E-state index contributed by atoms with van der Waals surface area (Å²) >= 11 is 0. The van der Waals surface area contributed by atoms with Crippen LogP contribution in [-0.2, 0) is 0 Å². The summed E-state index contributed by atoms with van der Waals surface area (Å²) in [5.41, 5.74) is 4.50. The predicted octanol–water partition coefficient (Wildman–Crippen LogP) is 6.43. The fourth-order valence-electron chi connectivity index (χ4n) is 3.33. The monoisotopic (exact) mass is 368 g/mol. The average molecular weight is 368 g/mol. The second-order valence-corrected chi connectivity index (χ2v) is 7.68. The summed E-state index contributed by atoms with van der Waals surface area (Å²) < 4.78 is 12.8. The Morgan fingerprint density at radius 1 is 0.556 bits per heavy atom. The Kier molecular flexibility index (Phi) is 4.12. The lowest BCUT2D eigenvalue weighted by Crippen LogP contribution is -2.17. The maximum Gasteiger partial charge on any atom is 0.326 e. The van der Waals surface area contributed by atoms with E-state index in [4.69, 9.17) is 9.05 Å². The van der Waals surface area contributed by atoms with Crippen LogP contribution in [0.2, 0.25) is 0 Å². The van der Waals surface area contributed by atoms with Crippen LogP contribution in [0.3, 0.4) is 0 Å². The van der Waals surface area contributed by atoms with Gasteiger partial charge in [0.05, 0.1) is 5.30 Å². The summed E-state index contributed by atoms with van der Waals surface area (Å²) in [6.07, 6.45) is 0. The van der Waals surface area contributed by atoms with Gasteiger partial charge in [-0.2, -0.15) is 0 Å². The van der Waals surface area contributed by atoms with E-state index < -0.39 is 8.38 Å². The summed E-state index contributed by atoms with van der Waals surface area (Å²) in [6.45, 7) is 0. The number of rotatable bonds is 3. The van der Waals surface area contributed by atoms with Crippen molar-refractivity contribution in [1.82, 2.24) is 0 Å². The van der Waals surface area contributed by atoms with Crippen molar-refractivity contribution in [1.29, 1.82) is 0 Å². The lowest BCUT2D eigenvalue weighted by atomic mass is 10.0. The molecule has 1 aliphatic rings. The first-order valence-electron chi connectivity index (χ1n) is 8.89. The highest BCUT2D eigenvalue weighted by molar-refractivity contribution is 7.57. The van der Waals surface area contributed by atoms with Crippen LogP contribution >= 0.6 is 8.38 Å². The molecule has 0 radical (unpaired) electrons. The third kappa shape index (κ3) is 2.99. The van der Waals surface area contributed by atoms with E-state index in [1.165, 1.54) is 5.56 Å². The SMILES string of the molecule is c1ccc(-c2ccccc2OP2Oc3ccccc3-c3ccccc32)cc1. The van der Waals surface area contributed by atoms with E-state index in [9.17, 15) is 0 Å². The van der Waals surface area contributed by atoms with Crippen molar-refractivity contribution in [2.75, 3.05) is 0 Å². The largest absolute Gasteiger partial charge is 0.435 e.